The van der Waals surface area contributed by atoms with E-state index in [2.05, 4.69) is 10.4 Å². The molecule has 3 nitrogen and oxygen atoms in total. The molecule has 0 fully saturated rings. The van der Waals surface area contributed by atoms with E-state index in [9.17, 15) is 4.39 Å². The second-order valence-corrected chi connectivity index (χ2v) is 1.85. The van der Waals surface area contributed by atoms with Crippen molar-refractivity contribution in [3.8, 4) is 0 Å². The summed E-state index contributed by atoms with van der Waals surface area (Å²) < 4.78 is 12.4. The van der Waals surface area contributed by atoms with Crippen LogP contribution >= 0.6 is 0 Å². The molecule has 0 saturated heterocycles. The van der Waals surface area contributed by atoms with Crippen molar-refractivity contribution in [3.63, 3.8) is 0 Å². The van der Waals surface area contributed by atoms with E-state index in [0.717, 1.165) is 0 Å². The fraction of sp³-hybridized carbons (Fsp3) is 0.167. The number of nitrogens with two attached hydrogens (primary N) is 1. The SMILES string of the molecule is NNCc1cc(F)ccn1. The molecule has 0 unspecified atom stereocenters. The molecule has 0 amide bonds. The minimum atomic E-state index is -0.291. The molecule has 10 heavy (non-hydrogen) atoms. The Balaban J connectivity index is 2.75. The van der Waals surface area contributed by atoms with Crippen molar-refractivity contribution in [2.24, 2.45) is 5.84 Å². The molecule has 0 aliphatic rings. The van der Waals surface area contributed by atoms with Crippen LogP contribution in [0.4, 0.5) is 4.39 Å². The highest BCUT2D eigenvalue weighted by Crippen LogP contribution is 1.97. The van der Waals surface area contributed by atoms with E-state index in [-0.39, 0.29) is 5.82 Å². The standard InChI is InChI=1S/C6H8FN3/c7-5-1-2-9-6(3-5)4-10-8/h1-3,10H,4,8H2. The van der Waals surface area contributed by atoms with Gasteiger partial charge in [0, 0.05) is 6.20 Å². The van der Waals surface area contributed by atoms with E-state index in [1.54, 1.807) is 0 Å². The van der Waals surface area contributed by atoms with Gasteiger partial charge in [0.2, 0.25) is 0 Å². The number of hydrogen-bond donors (Lipinski definition) is 2. The van der Waals surface area contributed by atoms with Crippen LogP contribution in [-0.2, 0) is 6.54 Å². The molecule has 1 heterocycles. The maximum atomic E-state index is 12.4. The summed E-state index contributed by atoms with van der Waals surface area (Å²) in [6, 6.07) is 2.62. The third-order valence-electron chi connectivity index (χ3n) is 1.06. The quantitative estimate of drug-likeness (QED) is 0.456. The molecular weight excluding hydrogens is 133 g/mol. The zero-order chi connectivity index (χ0) is 7.40. The number of rotatable bonds is 2. The zero-order valence-electron chi connectivity index (χ0n) is 5.34. The van der Waals surface area contributed by atoms with Crippen LogP contribution in [-0.4, -0.2) is 4.98 Å². The van der Waals surface area contributed by atoms with Crippen molar-refractivity contribution in [2.45, 2.75) is 6.54 Å². The van der Waals surface area contributed by atoms with Gasteiger partial charge in [-0.1, -0.05) is 0 Å². The zero-order valence-corrected chi connectivity index (χ0v) is 5.34. The first-order chi connectivity index (χ1) is 4.83. The molecule has 3 N–H and O–H groups in total. The van der Waals surface area contributed by atoms with Gasteiger partial charge in [-0.25, -0.2) is 4.39 Å². The van der Waals surface area contributed by atoms with Gasteiger partial charge in [-0.05, 0) is 12.1 Å². The summed E-state index contributed by atoms with van der Waals surface area (Å²) in [5, 5.41) is 0. The molecule has 0 aromatic carbocycles. The summed E-state index contributed by atoms with van der Waals surface area (Å²) in [5.74, 6) is 4.71. The van der Waals surface area contributed by atoms with E-state index in [1.165, 1.54) is 18.3 Å². The number of aromatic nitrogens is 1. The number of pyridine rings is 1. The summed E-state index contributed by atoms with van der Waals surface area (Å²) in [6.45, 7) is 0.387. The van der Waals surface area contributed by atoms with Gasteiger partial charge in [-0.3, -0.25) is 16.3 Å². The van der Waals surface area contributed by atoms with Crippen molar-refractivity contribution in [3.05, 3.63) is 29.8 Å². The molecule has 1 aromatic rings. The molecule has 4 heteroatoms. The average molecular weight is 141 g/mol. The summed E-state index contributed by atoms with van der Waals surface area (Å²) in [7, 11) is 0. The van der Waals surface area contributed by atoms with Crippen LogP contribution in [0.2, 0.25) is 0 Å². The summed E-state index contributed by atoms with van der Waals surface area (Å²) >= 11 is 0. The van der Waals surface area contributed by atoms with Crippen LogP contribution in [0.3, 0.4) is 0 Å². The number of hydrogen-bond acceptors (Lipinski definition) is 3. The molecule has 0 aliphatic carbocycles. The van der Waals surface area contributed by atoms with Crippen LogP contribution < -0.4 is 11.3 Å². The average Bonchev–Trinajstić information content (AvgIpc) is 1.88. The Hall–Kier alpha value is -1.00. The van der Waals surface area contributed by atoms with Gasteiger partial charge >= 0.3 is 0 Å². The van der Waals surface area contributed by atoms with Gasteiger partial charge < -0.3 is 0 Å². The molecular formula is C6H8FN3. The summed E-state index contributed by atoms with van der Waals surface area (Å²) in [5.41, 5.74) is 2.98. The van der Waals surface area contributed by atoms with E-state index >= 15 is 0 Å². The Kier molecular flexibility index (Phi) is 2.30. The predicted octanol–water partition coefficient (Wildman–Crippen LogP) is 0.184. The predicted molar refractivity (Wildman–Crippen MR) is 35.2 cm³/mol. The van der Waals surface area contributed by atoms with Gasteiger partial charge in [-0.2, -0.15) is 0 Å². The lowest BCUT2D eigenvalue weighted by molar-refractivity contribution is 0.616. The summed E-state index contributed by atoms with van der Waals surface area (Å²) in [6.07, 6.45) is 1.40. The normalized spacial score (nSPS) is 9.80. The third kappa shape index (κ3) is 1.75. The molecule has 0 saturated carbocycles. The number of halogens is 1. The van der Waals surface area contributed by atoms with Gasteiger partial charge in [0.05, 0.1) is 12.2 Å². The molecule has 0 radical (unpaired) electrons. The van der Waals surface area contributed by atoms with E-state index in [1.807, 2.05) is 0 Å². The van der Waals surface area contributed by atoms with Crippen LogP contribution in [0.15, 0.2) is 18.3 Å². The Morgan fingerprint density at radius 1 is 1.70 bits per heavy atom. The molecule has 1 rings (SSSR count). The largest absolute Gasteiger partial charge is 0.271 e. The number of hydrazine groups is 1. The summed E-state index contributed by atoms with van der Waals surface area (Å²) in [4.78, 5) is 3.85. The Morgan fingerprint density at radius 3 is 3.10 bits per heavy atom. The third-order valence-corrected chi connectivity index (χ3v) is 1.06. The Bertz CT molecular complexity index is 214. The van der Waals surface area contributed by atoms with Crippen LogP contribution in [0.1, 0.15) is 5.69 Å². The molecule has 1 aromatic heterocycles. The number of nitrogens with zero attached hydrogens (tertiary/aromatic N) is 1. The molecule has 0 bridgehead atoms. The van der Waals surface area contributed by atoms with Gasteiger partial charge in [0.15, 0.2) is 0 Å². The van der Waals surface area contributed by atoms with Crippen molar-refractivity contribution >= 4 is 0 Å². The van der Waals surface area contributed by atoms with Crippen LogP contribution in [0.5, 0.6) is 0 Å². The first kappa shape index (κ1) is 7.11. The molecule has 0 aliphatic heterocycles. The highest BCUT2D eigenvalue weighted by Gasteiger charge is 1.92. The maximum Gasteiger partial charge on any atom is 0.126 e. The van der Waals surface area contributed by atoms with Gasteiger partial charge in [0.1, 0.15) is 5.82 Å². The van der Waals surface area contributed by atoms with Crippen molar-refractivity contribution in [1.82, 2.24) is 10.4 Å². The monoisotopic (exact) mass is 141 g/mol. The lowest BCUT2D eigenvalue weighted by Crippen LogP contribution is -2.21. The highest BCUT2D eigenvalue weighted by molar-refractivity contribution is 5.05. The van der Waals surface area contributed by atoms with Crippen LogP contribution in [0.25, 0.3) is 0 Å². The second-order valence-electron chi connectivity index (χ2n) is 1.85. The molecule has 0 spiro atoms. The first-order valence-corrected chi connectivity index (χ1v) is 2.87. The van der Waals surface area contributed by atoms with E-state index < -0.39 is 0 Å². The maximum absolute atomic E-state index is 12.4. The minimum Gasteiger partial charge on any atom is -0.271 e. The van der Waals surface area contributed by atoms with E-state index in [0.29, 0.717) is 12.2 Å². The lowest BCUT2D eigenvalue weighted by atomic mass is 10.3. The van der Waals surface area contributed by atoms with Crippen molar-refractivity contribution in [2.75, 3.05) is 0 Å². The second kappa shape index (κ2) is 3.24. The van der Waals surface area contributed by atoms with Crippen LogP contribution in [0, 0.1) is 5.82 Å². The Labute approximate surface area is 58.0 Å². The lowest BCUT2D eigenvalue weighted by Gasteiger charge is -1.96. The van der Waals surface area contributed by atoms with E-state index in [4.69, 9.17) is 5.84 Å². The molecule has 0 atom stereocenters. The topological polar surface area (TPSA) is 50.9 Å². The number of nitrogens with one attached hydrogen (secondary N) is 1. The molecule has 54 valence electrons. The van der Waals surface area contributed by atoms with Crippen molar-refractivity contribution < 1.29 is 4.39 Å². The Morgan fingerprint density at radius 2 is 2.50 bits per heavy atom. The fourth-order valence-corrected chi connectivity index (χ4v) is 0.650. The van der Waals surface area contributed by atoms with Gasteiger partial charge in [-0.15, -0.1) is 0 Å². The minimum absolute atomic E-state index is 0.291. The van der Waals surface area contributed by atoms with Gasteiger partial charge in [0.25, 0.3) is 0 Å². The first-order valence-electron chi connectivity index (χ1n) is 2.87. The smallest absolute Gasteiger partial charge is 0.126 e. The van der Waals surface area contributed by atoms with Crippen molar-refractivity contribution in [1.29, 1.82) is 0 Å². The highest BCUT2D eigenvalue weighted by atomic mass is 19.1. The fourth-order valence-electron chi connectivity index (χ4n) is 0.650.